The van der Waals surface area contributed by atoms with Crippen LogP contribution in [0, 0.1) is 0 Å². The number of fused-ring (bicyclic) bond motifs is 3. The Morgan fingerprint density at radius 3 is 2.23 bits per heavy atom. The van der Waals surface area contributed by atoms with E-state index in [2.05, 4.69) is 0 Å². The number of halogens is 2. The number of likely N-dealkylation sites (N-methyl/N-ethyl adjacent to an activating group) is 2. The van der Waals surface area contributed by atoms with Gasteiger partial charge in [-0.2, -0.15) is 0 Å². The summed E-state index contributed by atoms with van der Waals surface area (Å²) in [6, 6.07) is 10.6. The Kier molecular flexibility index (Phi) is 3.91. The van der Waals surface area contributed by atoms with Gasteiger partial charge in [-0.3, -0.25) is 14.6 Å². The second-order valence-electron chi connectivity index (χ2n) is 6.12. The summed E-state index contributed by atoms with van der Waals surface area (Å²) >= 11 is 18.1. The zero-order valence-corrected chi connectivity index (χ0v) is 16.2. The highest BCUT2D eigenvalue weighted by Gasteiger charge is 2.40. The van der Waals surface area contributed by atoms with Crippen molar-refractivity contribution in [1.29, 1.82) is 0 Å². The Balaban J connectivity index is 2.13. The van der Waals surface area contributed by atoms with Gasteiger partial charge in [-0.1, -0.05) is 59.7 Å². The van der Waals surface area contributed by atoms with E-state index in [4.69, 9.17) is 35.4 Å². The van der Waals surface area contributed by atoms with Crippen molar-refractivity contribution in [3.05, 3.63) is 63.1 Å². The summed E-state index contributed by atoms with van der Waals surface area (Å²) in [6.45, 7) is 0. The molecular formula is C19H12Cl2N2O2S. The number of thiocarbonyl (C=S) groups is 1. The summed E-state index contributed by atoms with van der Waals surface area (Å²) in [5, 5.41) is 0.967. The van der Waals surface area contributed by atoms with Crippen LogP contribution in [0.1, 0.15) is 11.1 Å². The number of amides is 3. The van der Waals surface area contributed by atoms with Crippen molar-refractivity contribution < 1.29 is 9.59 Å². The number of carbonyl (C=O) groups is 2. The molecule has 3 amide bonds. The highest BCUT2D eigenvalue weighted by atomic mass is 35.5. The van der Waals surface area contributed by atoms with Crippen LogP contribution in [0.4, 0.5) is 4.79 Å². The molecule has 4 rings (SSSR count). The smallest absolute Gasteiger partial charge is 0.287 e. The molecule has 130 valence electrons. The summed E-state index contributed by atoms with van der Waals surface area (Å²) in [5.74, 6) is -0.438. The molecule has 26 heavy (non-hydrogen) atoms. The SMILES string of the molecule is CN1C(=O)C(=C2c3ccccc3-c3c(Cl)cc(Cl)cc32)C(=S)N(C)C1=O. The molecule has 0 aromatic heterocycles. The van der Waals surface area contributed by atoms with Crippen molar-refractivity contribution >= 4 is 57.9 Å². The third-order valence-electron chi connectivity index (χ3n) is 4.65. The standard InChI is InChI=1S/C19H12Cl2N2O2S/c1-22-17(24)16(18(26)23(2)19(22)25)15-11-6-4-3-5-10(11)14-12(15)7-9(20)8-13(14)21/h3-8H,1-2H3. The number of carbonyl (C=O) groups excluding carboxylic acids is 2. The van der Waals surface area contributed by atoms with Crippen molar-refractivity contribution in [2.75, 3.05) is 14.1 Å². The van der Waals surface area contributed by atoms with Gasteiger partial charge in [0.05, 0.1) is 10.6 Å². The lowest BCUT2D eigenvalue weighted by atomic mass is 9.95. The zero-order chi connectivity index (χ0) is 18.7. The minimum atomic E-state index is -0.458. The van der Waals surface area contributed by atoms with Gasteiger partial charge < -0.3 is 0 Å². The predicted octanol–water partition coefficient (Wildman–Crippen LogP) is 4.63. The highest BCUT2D eigenvalue weighted by Crippen LogP contribution is 2.50. The van der Waals surface area contributed by atoms with Gasteiger partial charge in [-0.25, -0.2) is 4.79 Å². The van der Waals surface area contributed by atoms with Crippen LogP contribution in [0.25, 0.3) is 16.7 Å². The monoisotopic (exact) mass is 402 g/mol. The third-order valence-corrected chi connectivity index (χ3v) is 5.65. The zero-order valence-electron chi connectivity index (χ0n) is 13.8. The molecule has 0 radical (unpaired) electrons. The molecule has 1 aliphatic carbocycles. The van der Waals surface area contributed by atoms with Gasteiger partial charge in [0.15, 0.2) is 0 Å². The van der Waals surface area contributed by atoms with E-state index in [1.165, 1.54) is 11.9 Å². The molecule has 0 saturated carbocycles. The van der Waals surface area contributed by atoms with Crippen LogP contribution in [0.15, 0.2) is 42.0 Å². The molecular weight excluding hydrogens is 391 g/mol. The molecule has 0 spiro atoms. The van der Waals surface area contributed by atoms with E-state index in [0.29, 0.717) is 21.2 Å². The number of urea groups is 1. The number of rotatable bonds is 0. The summed E-state index contributed by atoms with van der Waals surface area (Å²) in [4.78, 5) is 27.7. The second kappa shape index (κ2) is 5.91. The maximum Gasteiger partial charge on any atom is 0.331 e. The fourth-order valence-electron chi connectivity index (χ4n) is 3.42. The number of hydrogen-bond donors (Lipinski definition) is 0. The fourth-order valence-corrected chi connectivity index (χ4v) is 4.28. The van der Waals surface area contributed by atoms with Crippen LogP contribution in [0.3, 0.4) is 0 Å². The predicted molar refractivity (Wildman–Crippen MR) is 106 cm³/mol. The number of imide groups is 1. The van der Waals surface area contributed by atoms with E-state index in [1.807, 2.05) is 24.3 Å². The first-order valence-electron chi connectivity index (χ1n) is 7.76. The first kappa shape index (κ1) is 17.2. The molecule has 2 aliphatic rings. The Morgan fingerprint density at radius 1 is 0.885 bits per heavy atom. The minimum absolute atomic E-state index is 0.187. The lowest BCUT2D eigenvalue weighted by Gasteiger charge is -2.32. The second-order valence-corrected chi connectivity index (χ2v) is 7.35. The van der Waals surface area contributed by atoms with Crippen molar-refractivity contribution in [2.24, 2.45) is 0 Å². The van der Waals surface area contributed by atoms with Crippen LogP contribution in [-0.2, 0) is 4.79 Å². The van der Waals surface area contributed by atoms with Gasteiger partial charge in [0, 0.05) is 30.3 Å². The fraction of sp³-hybridized carbons (Fsp3) is 0.105. The van der Waals surface area contributed by atoms with E-state index in [0.717, 1.165) is 27.2 Å². The number of benzene rings is 2. The van der Waals surface area contributed by atoms with Crippen molar-refractivity contribution in [3.63, 3.8) is 0 Å². The molecule has 7 heteroatoms. The van der Waals surface area contributed by atoms with Gasteiger partial charge in [0.1, 0.15) is 4.99 Å². The summed E-state index contributed by atoms with van der Waals surface area (Å²) in [6.07, 6.45) is 0. The van der Waals surface area contributed by atoms with E-state index in [1.54, 1.807) is 19.2 Å². The molecule has 0 unspecified atom stereocenters. The van der Waals surface area contributed by atoms with Crippen molar-refractivity contribution in [1.82, 2.24) is 9.80 Å². The molecule has 1 aliphatic heterocycles. The molecule has 2 aromatic rings. The molecule has 0 atom stereocenters. The van der Waals surface area contributed by atoms with Gasteiger partial charge in [0.2, 0.25) is 0 Å². The van der Waals surface area contributed by atoms with Gasteiger partial charge in [0.25, 0.3) is 5.91 Å². The van der Waals surface area contributed by atoms with E-state index >= 15 is 0 Å². The van der Waals surface area contributed by atoms with Crippen LogP contribution in [-0.4, -0.2) is 40.8 Å². The summed E-state index contributed by atoms with van der Waals surface area (Å²) in [5.41, 5.74) is 4.26. The topological polar surface area (TPSA) is 40.6 Å². The van der Waals surface area contributed by atoms with E-state index in [9.17, 15) is 9.59 Å². The average Bonchev–Trinajstić information content (AvgIpc) is 2.93. The number of hydrogen-bond acceptors (Lipinski definition) is 3. The van der Waals surface area contributed by atoms with Crippen molar-refractivity contribution in [2.45, 2.75) is 0 Å². The summed E-state index contributed by atoms with van der Waals surface area (Å²) < 4.78 is 0. The molecule has 1 saturated heterocycles. The molecule has 0 bridgehead atoms. The quantitative estimate of drug-likeness (QED) is 0.406. The lowest BCUT2D eigenvalue weighted by Crippen LogP contribution is -2.52. The summed E-state index contributed by atoms with van der Waals surface area (Å²) in [7, 11) is 3.00. The molecule has 2 aromatic carbocycles. The van der Waals surface area contributed by atoms with Crippen LogP contribution in [0.2, 0.25) is 10.0 Å². The van der Waals surface area contributed by atoms with Crippen LogP contribution in [0.5, 0.6) is 0 Å². The van der Waals surface area contributed by atoms with Crippen molar-refractivity contribution in [3.8, 4) is 11.1 Å². The highest BCUT2D eigenvalue weighted by molar-refractivity contribution is 7.81. The third kappa shape index (κ3) is 2.24. The van der Waals surface area contributed by atoms with Gasteiger partial charge >= 0.3 is 6.03 Å². The maximum absolute atomic E-state index is 12.9. The number of nitrogens with zero attached hydrogens (tertiary/aromatic N) is 2. The van der Waals surface area contributed by atoms with E-state index in [-0.39, 0.29) is 4.99 Å². The molecule has 0 N–H and O–H groups in total. The Hall–Kier alpha value is -2.21. The maximum atomic E-state index is 12.9. The Morgan fingerprint density at radius 2 is 1.54 bits per heavy atom. The van der Waals surface area contributed by atoms with Crippen LogP contribution >= 0.6 is 35.4 Å². The first-order valence-corrected chi connectivity index (χ1v) is 8.93. The normalized spacial score (nSPS) is 19.2. The lowest BCUT2D eigenvalue weighted by molar-refractivity contribution is -0.123. The van der Waals surface area contributed by atoms with E-state index < -0.39 is 11.9 Å². The van der Waals surface area contributed by atoms with Gasteiger partial charge in [-0.05, 0) is 28.8 Å². The largest absolute Gasteiger partial charge is 0.331 e. The molecule has 1 fully saturated rings. The minimum Gasteiger partial charge on any atom is -0.287 e. The molecule has 1 heterocycles. The van der Waals surface area contributed by atoms with Crippen LogP contribution < -0.4 is 0 Å². The van der Waals surface area contributed by atoms with Gasteiger partial charge in [-0.15, -0.1) is 0 Å². The Bertz CT molecular complexity index is 1040. The molecule has 4 nitrogen and oxygen atoms in total. The first-order chi connectivity index (χ1) is 12.3. The average molecular weight is 403 g/mol. The Labute approximate surface area is 165 Å².